The van der Waals surface area contributed by atoms with Gasteiger partial charge in [0.2, 0.25) is 0 Å². The molecule has 0 aliphatic heterocycles. The fourth-order valence-corrected chi connectivity index (χ4v) is 2.15. The Kier molecular flexibility index (Phi) is 5.41. The van der Waals surface area contributed by atoms with Gasteiger partial charge in [-0.15, -0.1) is 0 Å². The second kappa shape index (κ2) is 7.49. The summed E-state index contributed by atoms with van der Waals surface area (Å²) in [6.07, 6.45) is 0.984. The largest absolute Gasteiger partial charge is 0.462 e. The van der Waals surface area contributed by atoms with Gasteiger partial charge in [-0.2, -0.15) is 0 Å². The van der Waals surface area contributed by atoms with Crippen LogP contribution in [0.5, 0.6) is 0 Å². The molecule has 0 N–H and O–H groups in total. The van der Waals surface area contributed by atoms with Crippen LogP contribution in [0.4, 0.5) is 10.1 Å². The number of esters is 1. The van der Waals surface area contributed by atoms with Crippen molar-refractivity contribution >= 4 is 17.6 Å². The summed E-state index contributed by atoms with van der Waals surface area (Å²) >= 11 is 0. The van der Waals surface area contributed by atoms with Crippen LogP contribution in [-0.4, -0.2) is 30.0 Å². The third-order valence-electron chi connectivity index (χ3n) is 3.20. The van der Waals surface area contributed by atoms with E-state index in [4.69, 9.17) is 4.74 Å². The van der Waals surface area contributed by atoms with Crippen molar-refractivity contribution in [1.82, 2.24) is 4.98 Å². The van der Waals surface area contributed by atoms with Gasteiger partial charge in [0, 0.05) is 6.54 Å². The number of benzene rings is 1. The van der Waals surface area contributed by atoms with Gasteiger partial charge >= 0.3 is 5.97 Å². The number of hydrogen-bond acceptors (Lipinski definition) is 4. The molecule has 1 heterocycles. The summed E-state index contributed by atoms with van der Waals surface area (Å²) in [6, 6.07) is 9.17. The highest BCUT2D eigenvalue weighted by Crippen LogP contribution is 2.23. The standard InChI is InChI=1S/C17H17FN2O3/c1-3-20(16(21)14-10-9-12(18)11-19-14)15-8-6-5-7-13(15)17(22)23-4-2/h5-11H,3-4H2,1-2H3. The van der Waals surface area contributed by atoms with E-state index in [9.17, 15) is 14.0 Å². The molecule has 6 heteroatoms. The Labute approximate surface area is 133 Å². The average molecular weight is 316 g/mol. The van der Waals surface area contributed by atoms with E-state index in [1.54, 1.807) is 38.1 Å². The van der Waals surface area contributed by atoms with Crippen LogP contribution in [0, 0.1) is 5.82 Å². The molecule has 0 bridgehead atoms. The number of ether oxygens (including phenoxy) is 1. The summed E-state index contributed by atoms with van der Waals surface area (Å²) in [5, 5.41) is 0. The number of nitrogens with zero attached hydrogens (tertiary/aromatic N) is 2. The molecule has 23 heavy (non-hydrogen) atoms. The molecule has 1 aromatic carbocycles. The lowest BCUT2D eigenvalue weighted by Gasteiger charge is -2.22. The van der Waals surface area contributed by atoms with E-state index in [1.165, 1.54) is 17.0 Å². The topological polar surface area (TPSA) is 59.5 Å². The Morgan fingerprint density at radius 1 is 1.17 bits per heavy atom. The van der Waals surface area contributed by atoms with Gasteiger partial charge in [-0.1, -0.05) is 12.1 Å². The van der Waals surface area contributed by atoms with Crippen molar-refractivity contribution in [3.63, 3.8) is 0 Å². The summed E-state index contributed by atoms with van der Waals surface area (Å²) < 4.78 is 18.0. The van der Waals surface area contributed by atoms with Crippen LogP contribution >= 0.6 is 0 Å². The predicted molar refractivity (Wildman–Crippen MR) is 83.9 cm³/mol. The molecular weight excluding hydrogens is 299 g/mol. The molecule has 0 atom stereocenters. The van der Waals surface area contributed by atoms with Crippen molar-refractivity contribution in [1.29, 1.82) is 0 Å². The smallest absolute Gasteiger partial charge is 0.340 e. The molecule has 1 aromatic heterocycles. The number of aromatic nitrogens is 1. The Balaban J connectivity index is 2.39. The van der Waals surface area contributed by atoms with E-state index in [1.807, 2.05) is 0 Å². The number of rotatable bonds is 5. The molecule has 0 spiro atoms. The van der Waals surface area contributed by atoms with Crippen LogP contribution in [0.1, 0.15) is 34.7 Å². The molecule has 0 aliphatic rings. The van der Waals surface area contributed by atoms with Crippen molar-refractivity contribution in [3.05, 3.63) is 59.7 Å². The SMILES string of the molecule is CCOC(=O)c1ccccc1N(CC)C(=O)c1ccc(F)cn1. The summed E-state index contributed by atoms with van der Waals surface area (Å²) in [4.78, 5) is 29.9. The van der Waals surface area contributed by atoms with Gasteiger partial charge in [-0.3, -0.25) is 4.79 Å². The maximum atomic E-state index is 13.0. The summed E-state index contributed by atoms with van der Waals surface area (Å²) in [6.45, 7) is 4.07. The zero-order valence-electron chi connectivity index (χ0n) is 13.0. The van der Waals surface area contributed by atoms with Gasteiger partial charge in [0.1, 0.15) is 11.5 Å². The third kappa shape index (κ3) is 3.71. The molecule has 0 aliphatic carbocycles. The van der Waals surface area contributed by atoms with Crippen molar-refractivity contribution in [2.24, 2.45) is 0 Å². The predicted octanol–water partition coefficient (Wildman–Crippen LogP) is 3.06. The second-order valence-electron chi connectivity index (χ2n) is 4.65. The first kappa shape index (κ1) is 16.6. The Bertz CT molecular complexity index is 701. The lowest BCUT2D eigenvalue weighted by Crippen LogP contribution is -2.32. The van der Waals surface area contributed by atoms with E-state index in [0.717, 1.165) is 6.20 Å². The molecule has 0 fully saturated rings. The number of carbonyl (C=O) groups is 2. The molecule has 0 unspecified atom stereocenters. The van der Waals surface area contributed by atoms with Crippen LogP contribution in [0.2, 0.25) is 0 Å². The van der Waals surface area contributed by atoms with Crippen molar-refractivity contribution < 1.29 is 18.7 Å². The maximum Gasteiger partial charge on any atom is 0.340 e. The zero-order chi connectivity index (χ0) is 16.8. The monoisotopic (exact) mass is 316 g/mol. The van der Waals surface area contributed by atoms with E-state index >= 15 is 0 Å². The van der Waals surface area contributed by atoms with E-state index < -0.39 is 17.7 Å². The van der Waals surface area contributed by atoms with Crippen LogP contribution in [0.25, 0.3) is 0 Å². The summed E-state index contributed by atoms with van der Waals surface area (Å²) in [7, 11) is 0. The van der Waals surface area contributed by atoms with E-state index in [2.05, 4.69) is 4.98 Å². The summed E-state index contributed by atoms with van der Waals surface area (Å²) in [5.41, 5.74) is 0.836. The van der Waals surface area contributed by atoms with Crippen LogP contribution < -0.4 is 4.90 Å². The fourth-order valence-electron chi connectivity index (χ4n) is 2.15. The Morgan fingerprint density at radius 3 is 2.52 bits per heavy atom. The van der Waals surface area contributed by atoms with E-state index in [0.29, 0.717) is 17.8 Å². The first-order chi connectivity index (χ1) is 11.1. The molecule has 0 radical (unpaired) electrons. The highest BCUT2D eigenvalue weighted by molar-refractivity contribution is 6.08. The van der Waals surface area contributed by atoms with Crippen molar-refractivity contribution in [2.75, 3.05) is 18.1 Å². The quantitative estimate of drug-likeness (QED) is 0.796. The fraction of sp³-hybridized carbons (Fsp3) is 0.235. The molecule has 2 rings (SSSR count). The number of carbonyl (C=O) groups excluding carboxylic acids is 2. The van der Waals surface area contributed by atoms with Gasteiger partial charge in [0.15, 0.2) is 0 Å². The molecule has 120 valence electrons. The Morgan fingerprint density at radius 2 is 1.91 bits per heavy atom. The molecular formula is C17H17FN2O3. The van der Waals surface area contributed by atoms with E-state index in [-0.39, 0.29) is 12.3 Å². The first-order valence-corrected chi connectivity index (χ1v) is 7.28. The second-order valence-corrected chi connectivity index (χ2v) is 4.65. The number of pyridine rings is 1. The average Bonchev–Trinajstić information content (AvgIpc) is 2.56. The van der Waals surface area contributed by atoms with Gasteiger partial charge < -0.3 is 9.64 Å². The molecule has 5 nitrogen and oxygen atoms in total. The molecule has 0 saturated heterocycles. The van der Waals surface area contributed by atoms with Gasteiger partial charge in [-0.25, -0.2) is 14.2 Å². The minimum Gasteiger partial charge on any atom is -0.462 e. The van der Waals surface area contributed by atoms with Gasteiger partial charge in [0.25, 0.3) is 5.91 Å². The minimum atomic E-state index is -0.517. The number of hydrogen-bond donors (Lipinski definition) is 0. The van der Waals surface area contributed by atoms with Crippen LogP contribution in [0.15, 0.2) is 42.6 Å². The first-order valence-electron chi connectivity index (χ1n) is 7.28. The molecule has 2 aromatic rings. The lowest BCUT2D eigenvalue weighted by molar-refractivity contribution is 0.0527. The number of amides is 1. The van der Waals surface area contributed by atoms with Crippen molar-refractivity contribution in [3.8, 4) is 0 Å². The third-order valence-corrected chi connectivity index (χ3v) is 3.20. The normalized spacial score (nSPS) is 10.2. The summed E-state index contributed by atoms with van der Waals surface area (Å²) in [5.74, 6) is -1.43. The zero-order valence-corrected chi connectivity index (χ0v) is 13.0. The minimum absolute atomic E-state index is 0.104. The number of anilines is 1. The van der Waals surface area contributed by atoms with Gasteiger partial charge in [0.05, 0.1) is 24.1 Å². The van der Waals surface area contributed by atoms with Crippen molar-refractivity contribution in [2.45, 2.75) is 13.8 Å². The highest BCUT2D eigenvalue weighted by Gasteiger charge is 2.22. The van der Waals surface area contributed by atoms with Gasteiger partial charge in [-0.05, 0) is 38.1 Å². The maximum absolute atomic E-state index is 13.0. The highest BCUT2D eigenvalue weighted by atomic mass is 19.1. The number of para-hydroxylation sites is 1. The van der Waals surface area contributed by atoms with Crippen LogP contribution in [-0.2, 0) is 4.74 Å². The molecule has 1 amide bonds. The lowest BCUT2D eigenvalue weighted by atomic mass is 10.1. The number of halogens is 1. The van der Waals surface area contributed by atoms with Crippen LogP contribution in [0.3, 0.4) is 0 Å². The Hall–Kier alpha value is -2.76. The molecule has 0 saturated carbocycles.